The maximum atomic E-state index is 9.63. The second-order valence-corrected chi connectivity index (χ2v) is 3.58. The summed E-state index contributed by atoms with van der Waals surface area (Å²) < 4.78 is 5.14. The zero-order chi connectivity index (χ0) is 12.3. The Hall–Kier alpha value is -2.47. The van der Waals surface area contributed by atoms with Gasteiger partial charge in [0, 0.05) is 0 Å². The van der Waals surface area contributed by atoms with Gasteiger partial charge < -0.3 is 9.84 Å². The van der Waals surface area contributed by atoms with E-state index in [0.717, 1.165) is 16.9 Å². The van der Waals surface area contributed by atoms with Crippen LogP contribution in [0.5, 0.6) is 11.5 Å². The van der Waals surface area contributed by atoms with Gasteiger partial charge in [-0.2, -0.15) is 5.26 Å². The number of hydrogen-bond donors (Lipinski definition) is 1. The molecular formula is C14H11NO2. The maximum absolute atomic E-state index is 9.63. The summed E-state index contributed by atoms with van der Waals surface area (Å²) >= 11 is 0. The summed E-state index contributed by atoms with van der Waals surface area (Å²) in [6, 6.07) is 14.4. The lowest BCUT2D eigenvalue weighted by atomic mass is 10.0. The fourth-order valence-electron chi connectivity index (χ4n) is 1.61. The molecule has 1 N–H and O–H groups in total. The molecule has 0 atom stereocenters. The second-order valence-electron chi connectivity index (χ2n) is 3.58. The van der Waals surface area contributed by atoms with E-state index < -0.39 is 0 Å². The van der Waals surface area contributed by atoms with Crippen molar-refractivity contribution in [2.24, 2.45) is 0 Å². The van der Waals surface area contributed by atoms with Crippen molar-refractivity contribution >= 4 is 0 Å². The number of benzene rings is 2. The molecule has 0 saturated carbocycles. The van der Waals surface area contributed by atoms with Gasteiger partial charge in [0.2, 0.25) is 0 Å². The Balaban J connectivity index is 2.46. The predicted octanol–water partition coefficient (Wildman–Crippen LogP) is 2.94. The largest absolute Gasteiger partial charge is 0.507 e. The number of phenols is 1. The van der Waals surface area contributed by atoms with Gasteiger partial charge in [-0.05, 0) is 35.4 Å². The second kappa shape index (κ2) is 4.58. The van der Waals surface area contributed by atoms with Crippen LogP contribution in [-0.4, -0.2) is 12.2 Å². The van der Waals surface area contributed by atoms with Crippen LogP contribution in [0.2, 0.25) is 0 Å². The first-order valence-corrected chi connectivity index (χ1v) is 5.12. The summed E-state index contributed by atoms with van der Waals surface area (Å²) in [6.45, 7) is 0. The Morgan fingerprint density at radius 1 is 1.12 bits per heavy atom. The van der Waals surface area contributed by atoms with Gasteiger partial charge in [-0.1, -0.05) is 18.2 Å². The van der Waals surface area contributed by atoms with Gasteiger partial charge in [0.1, 0.15) is 17.6 Å². The predicted molar refractivity (Wildman–Crippen MR) is 64.8 cm³/mol. The third-order valence-electron chi connectivity index (χ3n) is 2.52. The highest BCUT2D eigenvalue weighted by Gasteiger charge is 2.04. The number of rotatable bonds is 2. The van der Waals surface area contributed by atoms with Gasteiger partial charge in [0.25, 0.3) is 0 Å². The molecule has 3 nitrogen and oxygen atoms in total. The fourth-order valence-corrected chi connectivity index (χ4v) is 1.61. The van der Waals surface area contributed by atoms with Crippen molar-refractivity contribution in [3.63, 3.8) is 0 Å². The minimum Gasteiger partial charge on any atom is -0.507 e. The lowest BCUT2D eigenvalue weighted by Crippen LogP contribution is -1.84. The summed E-state index contributed by atoms with van der Waals surface area (Å²) in [5, 5.41) is 18.4. The third-order valence-corrected chi connectivity index (χ3v) is 2.52. The van der Waals surface area contributed by atoms with Crippen LogP contribution >= 0.6 is 0 Å². The van der Waals surface area contributed by atoms with Crippen molar-refractivity contribution in [2.45, 2.75) is 0 Å². The van der Waals surface area contributed by atoms with Gasteiger partial charge >= 0.3 is 0 Å². The van der Waals surface area contributed by atoms with E-state index in [4.69, 9.17) is 10.00 Å². The van der Waals surface area contributed by atoms with Gasteiger partial charge in [-0.25, -0.2) is 0 Å². The van der Waals surface area contributed by atoms with Crippen molar-refractivity contribution < 1.29 is 9.84 Å². The van der Waals surface area contributed by atoms with Crippen molar-refractivity contribution in [3.05, 3.63) is 48.0 Å². The first kappa shape index (κ1) is 11.0. The molecule has 0 amide bonds. The van der Waals surface area contributed by atoms with Crippen LogP contribution in [0.1, 0.15) is 5.56 Å². The molecule has 0 bridgehead atoms. The Labute approximate surface area is 99.5 Å². The number of phenolic OH excluding ortho intramolecular Hbond substituents is 1. The van der Waals surface area contributed by atoms with E-state index in [0.29, 0.717) is 0 Å². The van der Waals surface area contributed by atoms with E-state index >= 15 is 0 Å². The summed E-state index contributed by atoms with van der Waals surface area (Å²) in [6.07, 6.45) is 0. The highest BCUT2D eigenvalue weighted by molar-refractivity contribution is 5.68. The lowest BCUT2D eigenvalue weighted by molar-refractivity contribution is 0.415. The first-order chi connectivity index (χ1) is 8.24. The van der Waals surface area contributed by atoms with Crippen LogP contribution in [0.3, 0.4) is 0 Å². The number of aromatic hydroxyl groups is 1. The molecule has 0 fully saturated rings. The molecule has 2 aromatic rings. The van der Waals surface area contributed by atoms with E-state index in [1.165, 1.54) is 0 Å². The molecular weight excluding hydrogens is 214 g/mol. The van der Waals surface area contributed by atoms with Crippen molar-refractivity contribution in [1.29, 1.82) is 5.26 Å². The molecule has 0 spiro atoms. The number of nitriles is 1. The Morgan fingerprint density at radius 2 is 1.88 bits per heavy atom. The molecule has 0 saturated heterocycles. The molecule has 0 heterocycles. The van der Waals surface area contributed by atoms with Gasteiger partial charge in [0.05, 0.1) is 12.7 Å². The molecule has 0 aliphatic rings. The molecule has 0 aromatic heterocycles. The number of hydrogen-bond acceptors (Lipinski definition) is 3. The molecule has 0 unspecified atom stereocenters. The summed E-state index contributed by atoms with van der Waals surface area (Å²) in [5.74, 6) is 0.749. The molecule has 0 radical (unpaired) electrons. The normalized spacial score (nSPS) is 9.65. The molecule has 2 aromatic carbocycles. The van der Waals surface area contributed by atoms with Gasteiger partial charge in [-0.3, -0.25) is 0 Å². The van der Waals surface area contributed by atoms with Crippen LogP contribution in [0, 0.1) is 11.3 Å². The highest BCUT2D eigenvalue weighted by Crippen LogP contribution is 2.28. The quantitative estimate of drug-likeness (QED) is 0.854. The average molecular weight is 225 g/mol. The fraction of sp³-hybridized carbons (Fsp3) is 0.0714. The molecule has 0 aliphatic heterocycles. The molecule has 3 heteroatoms. The minimum atomic E-state index is -0.00665. The van der Waals surface area contributed by atoms with Crippen molar-refractivity contribution in [1.82, 2.24) is 0 Å². The number of ether oxygens (including phenoxy) is 1. The van der Waals surface area contributed by atoms with Crippen LogP contribution in [0.4, 0.5) is 0 Å². The van der Waals surface area contributed by atoms with E-state index in [2.05, 4.69) is 0 Å². The van der Waals surface area contributed by atoms with Crippen LogP contribution in [0.25, 0.3) is 11.1 Å². The summed E-state index contributed by atoms with van der Waals surface area (Å²) in [5.41, 5.74) is 2.06. The number of nitrogens with zero attached hydrogens (tertiary/aromatic N) is 1. The van der Waals surface area contributed by atoms with Gasteiger partial charge in [0.15, 0.2) is 0 Å². The van der Waals surface area contributed by atoms with Gasteiger partial charge in [-0.15, -0.1) is 0 Å². The maximum Gasteiger partial charge on any atom is 0.133 e. The van der Waals surface area contributed by atoms with Crippen LogP contribution < -0.4 is 4.74 Å². The molecule has 2 rings (SSSR count). The molecule has 84 valence electrons. The van der Waals surface area contributed by atoms with E-state index in [9.17, 15) is 5.11 Å². The third kappa shape index (κ3) is 2.21. The molecule has 17 heavy (non-hydrogen) atoms. The first-order valence-electron chi connectivity index (χ1n) is 5.12. The van der Waals surface area contributed by atoms with E-state index in [1.807, 2.05) is 30.3 Å². The monoisotopic (exact) mass is 225 g/mol. The topological polar surface area (TPSA) is 53.2 Å². The van der Waals surface area contributed by atoms with Crippen LogP contribution in [0.15, 0.2) is 42.5 Å². The van der Waals surface area contributed by atoms with E-state index in [1.54, 1.807) is 25.3 Å². The van der Waals surface area contributed by atoms with Crippen molar-refractivity contribution in [3.8, 4) is 28.7 Å². The smallest absolute Gasteiger partial charge is 0.133 e. The summed E-state index contributed by atoms with van der Waals surface area (Å²) in [4.78, 5) is 0. The number of methoxy groups -OCH3 is 1. The highest BCUT2D eigenvalue weighted by atomic mass is 16.5. The standard InChI is InChI=1S/C14H11NO2/c1-17-13-4-2-3-10(7-13)11-5-6-12(9-15)14(16)8-11/h2-8,16H,1H3. The molecule has 0 aliphatic carbocycles. The SMILES string of the molecule is COc1cccc(-c2ccc(C#N)c(O)c2)c1. The zero-order valence-electron chi connectivity index (χ0n) is 9.34. The Morgan fingerprint density at radius 3 is 2.53 bits per heavy atom. The Bertz CT molecular complexity index is 585. The zero-order valence-corrected chi connectivity index (χ0v) is 9.34. The van der Waals surface area contributed by atoms with Crippen LogP contribution in [-0.2, 0) is 0 Å². The van der Waals surface area contributed by atoms with E-state index in [-0.39, 0.29) is 11.3 Å². The average Bonchev–Trinajstić information content (AvgIpc) is 2.38. The Kier molecular flexibility index (Phi) is 2.97. The lowest BCUT2D eigenvalue weighted by Gasteiger charge is -2.05. The van der Waals surface area contributed by atoms with Crippen molar-refractivity contribution in [2.75, 3.05) is 7.11 Å². The minimum absolute atomic E-state index is 0.00665. The summed E-state index contributed by atoms with van der Waals surface area (Å²) in [7, 11) is 1.61.